The van der Waals surface area contributed by atoms with Gasteiger partial charge in [-0.2, -0.15) is 0 Å². The van der Waals surface area contributed by atoms with E-state index in [0.717, 1.165) is 13.1 Å². The topological polar surface area (TPSA) is 32.3 Å². The summed E-state index contributed by atoms with van der Waals surface area (Å²) in [6, 6.07) is 11.1. The molecule has 0 radical (unpaired) electrons. The summed E-state index contributed by atoms with van der Waals surface area (Å²) in [5.74, 6) is -0.252. The van der Waals surface area contributed by atoms with E-state index in [1.807, 2.05) is 0 Å². The lowest BCUT2D eigenvalue weighted by Gasteiger charge is -2.26. The zero-order valence-corrected chi connectivity index (χ0v) is 14.5. The minimum absolute atomic E-state index is 0.0148. The van der Waals surface area contributed by atoms with Crippen molar-refractivity contribution >= 4 is 17.2 Å². The van der Waals surface area contributed by atoms with E-state index >= 15 is 0 Å². The number of nitrogens with one attached hydrogen (secondary N) is 1. The Balaban J connectivity index is 1.52. The highest BCUT2D eigenvalue weighted by molar-refractivity contribution is 7.10. The maximum Gasteiger partial charge on any atom is 0.220 e. The van der Waals surface area contributed by atoms with Gasteiger partial charge < -0.3 is 5.32 Å². The van der Waals surface area contributed by atoms with Crippen LogP contribution in [0.3, 0.4) is 0 Å². The molecule has 1 saturated heterocycles. The number of halogens is 1. The fraction of sp³-hybridized carbons (Fsp3) is 0.421. The molecule has 1 fully saturated rings. The van der Waals surface area contributed by atoms with Gasteiger partial charge in [0.2, 0.25) is 5.91 Å². The van der Waals surface area contributed by atoms with Crippen molar-refractivity contribution < 1.29 is 9.18 Å². The normalized spacial score (nSPS) is 16.2. The van der Waals surface area contributed by atoms with Crippen molar-refractivity contribution in [2.24, 2.45) is 0 Å². The Morgan fingerprint density at radius 1 is 1.21 bits per heavy atom. The van der Waals surface area contributed by atoms with E-state index in [1.54, 1.807) is 29.5 Å². The lowest BCUT2D eigenvalue weighted by Crippen LogP contribution is -2.36. The Morgan fingerprint density at radius 2 is 2.00 bits per heavy atom. The van der Waals surface area contributed by atoms with Crippen LogP contribution in [0.5, 0.6) is 0 Å². The summed E-state index contributed by atoms with van der Waals surface area (Å²) < 4.78 is 13.6. The van der Waals surface area contributed by atoms with Gasteiger partial charge in [0.25, 0.3) is 0 Å². The summed E-state index contributed by atoms with van der Waals surface area (Å²) in [6.45, 7) is 2.80. The fourth-order valence-corrected chi connectivity index (χ4v) is 4.05. The van der Waals surface area contributed by atoms with Gasteiger partial charge in [-0.15, -0.1) is 11.3 Å². The number of carbonyl (C=O) groups excluding carboxylic acids is 1. The second kappa shape index (κ2) is 8.40. The highest BCUT2D eigenvalue weighted by Crippen LogP contribution is 2.27. The van der Waals surface area contributed by atoms with Crippen LogP contribution in [0.1, 0.15) is 35.7 Å². The molecule has 2 aromatic rings. The number of aryl methyl sites for hydroxylation is 1. The molecule has 1 aliphatic rings. The van der Waals surface area contributed by atoms with E-state index in [0.29, 0.717) is 24.9 Å². The number of nitrogens with zero attached hydrogens (tertiary/aromatic N) is 1. The van der Waals surface area contributed by atoms with Crippen LogP contribution in [0.2, 0.25) is 0 Å². The molecule has 0 saturated carbocycles. The molecule has 0 aliphatic carbocycles. The van der Waals surface area contributed by atoms with Crippen molar-refractivity contribution in [1.29, 1.82) is 0 Å². The molecule has 2 heterocycles. The molecule has 3 rings (SSSR count). The van der Waals surface area contributed by atoms with E-state index in [4.69, 9.17) is 0 Å². The highest BCUT2D eigenvalue weighted by Gasteiger charge is 2.24. The van der Waals surface area contributed by atoms with Gasteiger partial charge in [-0.25, -0.2) is 4.39 Å². The standard InChI is InChI=1S/C19H23FN2OS/c20-16-7-2-1-6-15(16)9-10-19(23)21-14-17(18-8-5-13-24-18)22-11-3-4-12-22/h1-2,5-8,13,17H,3-4,9-12,14H2,(H,21,23). The third-order valence-corrected chi connectivity index (χ3v) is 5.50. The molecule has 24 heavy (non-hydrogen) atoms. The second-order valence-electron chi connectivity index (χ2n) is 6.17. The minimum Gasteiger partial charge on any atom is -0.354 e. The summed E-state index contributed by atoms with van der Waals surface area (Å²) >= 11 is 1.74. The highest BCUT2D eigenvalue weighted by atomic mass is 32.1. The number of thiophene rings is 1. The first kappa shape index (κ1) is 17.1. The molecule has 128 valence electrons. The van der Waals surface area contributed by atoms with Gasteiger partial charge in [-0.3, -0.25) is 9.69 Å². The molecule has 0 spiro atoms. The van der Waals surface area contributed by atoms with E-state index in [-0.39, 0.29) is 17.8 Å². The zero-order valence-electron chi connectivity index (χ0n) is 13.7. The molecule has 1 aromatic heterocycles. The van der Waals surface area contributed by atoms with Gasteiger partial charge >= 0.3 is 0 Å². The van der Waals surface area contributed by atoms with Crippen molar-refractivity contribution in [3.8, 4) is 0 Å². The smallest absolute Gasteiger partial charge is 0.220 e. The number of hydrogen-bond acceptors (Lipinski definition) is 3. The molecular formula is C19H23FN2OS. The molecule has 1 N–H and O–H groups in total. The third-order valence-electron chi connectivity index (χ3n) is 4.52. The van der Waals surface area contributed by atoms with E-state index in [1.165, 1.54) is 23.8 Å². The first-order valence-corrected chi connectivity index (χ1v) is 9.39. The van der Waals surface area contributed by atoms with Gasteiger partial charge in [0.05, 0.1) is 6.04 Å². The number of hydrogen-bond donors (Lipinski definition) is 1. The molecule has 3 nitrogen and oxygen atoms in total. The van der Waals surface area contributed by atoms with Crippen molar-refractivity contribution in [3.05, 3.63) is 58.0 Å². The lowest BCUT2D eigenvalue weighted by atomic mass is 10.1. The number of rotatable bonds is 7. The summed E-state index contributed by atoms with van der Waals surface area (Å²) in [5.41, 5.74) is 0.599. The van der Waals surface area contributed by atoms with Crippen LogP contribution in [0, 0.1) is 5.82 Å². The predicted molar refractivity (Wildman–Crippen MR) is 95.6 cm³/mol. The third kappa shape index (κ3) is 4.42. The molecule has 5 heteroatoms. The first-order valence-electron chi connectivity index (χ1n) is 8.51. The zero-order chi connectivity index (χ0) is 16.8. The predicted octanol–water partition coefficient (Wildman–Crippen LogP) is 3.77. The molecule has 1 aromatic carbocycles. The van der Waals surface area contributed by atoms with Crippen LogP contribution >= 0.6 is 11.3 Å². The Bertz CT molecular complexity index is 653. The Kier molecular flexibility index (Phi) is 5.99. The maximum atomic E-state index is 13.6. The summed E-state index contributed by atoms with van der Waals surface area (Å²) in [5, 5.41) is 5.12. The summed E-state index contributed by atoms with van der Waals surface area (Å²) in [6.07, 6.45) is 3.20. The maximum absolute atomic E-state index is 13.6. The van der Waals surface area contributed by atoms with Crippen molar-refractivity contribution in [1.82, 2.24) is 10.2 Å². The number of benzene rings is 1. The summed E-state index contributed by atoms with van der Waals surface area (Å²) in [7, 11) is 0. The Morgan fingerprint density at radius 3 is 2.71 bits per heavy atom. The molecule has 1 amide bonds. The fourth-order valence-electron chi connectivity index (χ4n) is 3.19. The molecular weight excluding hydrogens is 323 g/mol. The number of likely N-dealkylation sites (tertiary alicyclic amines) is 1. The van der Waals surface area contributed by atoms with E-state index in [2.05, 4.69) is 27.7 Å². The SMILES string of the molecule is O=C(CCc1ccccc1F)NCC(c1cccs1)N1CCCC1. The summed E-state index contributed by atoms with van der Waals surface area (Å²) in [4.78, 5) is 15.9. The monoisotopic (exact) mass is 346 g/mol. The van der Waals surface area contributed by atoms with Gasteiger partial charge in [0, 0.05) is 17.8 Å². The molecule has 1 aliphatic heterocycles. The van der Waals surface area contributed by atoms with Crippen LogP contribution in [0.4, 0.5) is 4.39 Å². The minimum atomic E-state index is -0.237. The quantitative estimate of drug-likeness (QED) is 0.828. The van der Waals surface area contributed by atoms with E-state index < -0.39 is 0 Å². The molecule has 0 bridgehead atoms. The van der Waals surface area contributed by atoms with Crippen molar-refractivity contribution in [2.75, 3.05) is 19.6 Å². The van der Waals surface area contributed by atoms with Gasteiger partial charge in [-0.1, -0.05) is 24.3 Å². The first-order chi connectivity index (χ1) is 11.7. The molecule has 1 atom stereocenters. The van der Waals surface area contributed by atoms with Crippen LogP contribution in [-0.4, -0.2) is 30.4 Å². The second-order valence-corrected chi connectivity index (χ2v) is 7.15. The Labute approximate surface area is 146 Å². The van der Waals surface area contributed by atoms with E-state index in [9.17, 15) is 9.18 Å². The van der Waals surface area contributed by atoms with Crippen LogP contribution in [0.15, 0.2) is 41.8 Å². The average Bonchev–Trinajstić information content (AvgIpc) is 3.28. The Hall–Kier alpha value is -1.72. The largest absolute Gasteiger partial charge is 0.354 e. The van der Waals surface area contributed by atoms with Gasteiger partial charge in [0.1, 0.15) is 5.82 Å². The van der Waals surface area contributed by atoms with Gasteiger partial charge in [0.15, 0.2) is 0 Å². The van der Waals surface area contributed by atoms with Crippen LogP contribution in [-0.2, 0) is 11.2 Å². The average molecular weight is 346 g/mol. The number of amides is 1. The molecule has 1 unspecified atom stereocenters. The van der Waals surface area contributed by atoms with Gasteiger partial charge in [-0.05, 0) is 55.4 Å². The lowest BCUT2D eigenvalue weighted by molar-refractivity contribution is -0.121. The number of carbonyl (C=O) groups is 1. The van der Waals surface area contributed by atoms with Crippen molar-refractivity contribution in [2.45, 2.75) is 31.7 Å². The van der Waals surface area contributed by atoms with Crippen LogP contribution in [0.25, 0.3) is 0 Å². The van der Waals surface area contributed by atoms with Crippen molar-refractivity contribution in [3.63, 3.8) is 0 Å². The van der Waals surface area contributed by atoms with Crippen LogP contribution < -0.4 is 5.32 Å².